The van der Waals surface area contributed by atoms with Crippen LogP contribution >= 0.6 is 24.0 Å². The van der Waals surface area contributed by atoms with Gasteiger partial charge < -0.3 is 4.90 Å². The van der Waals surface area contributed by atoms with E-state index in [0.29, 0.717) is 12.1 Å². The molecule has 0 amide bonds. The molecule has 0 aromatic rings. The molecule has 1 heterocycles. The summed E-state index contributed by atoms with van der Waals surface area (Å²) < 4.78 is 1.06. The second-order valence-corrected chi connectivity index (χ2v) is 4.95. The molecule has 2 atom stereocenters. The summed E-state index contributed by atoms with van der Waals surface area (Å²) in [6.07, 6.45) is 6.02. The van der Waals surface area contributed by atoms with Gasteiger partial charge in [0.1, 0.15) is 4.32 Å². The molecule has 0 saturated carbocycles. The number of thiocarbonyl (C=S) groups is 1. The van der Waals surface area contributed by atoms with Crippen molar-refractivity contribution in [3.63, 3.8) is 0 Å². The molecular formula is C9H17NS2. The zero-order chi connectivity index (χ0) is 9.14. The summed E-state index contributed by atoms with van der Waals surface area (Å²) in [4.78, 5) is 2.39. The summed E-state index contributed by atoms with van der Waals surface area (Å²) in [5.41, 5.74) is 0. The highest BCUT2D eigenvalue weighted by Gasteiger charge is 2.25. The van der Waals surface area contributed by atoms with Crippen LogP contribution in [0, 0.1) is 0 Å². The number of hydrogen-bond acceptors (Lipinski definition) is 2. The average Bonchev–Trinajstić information content (AvgIpc) is 2.03. The number of nitrogens with zero attached hydrogens (tertiary/aromatic N) is 1. The second kappa shape index (κ2) is 4.47. The van der Waals surface area contributed by atoms with E-state index >= 15 is 0 Å². The van der Waals surface area contributed by atoms with Crippen LogP contribution in [-0.4, -0.2) is 27.6 Å². The molecule has 3 heteroatoms. The number of hydrogen-bond donors (Lipinski definition) is 0. The van der Waals surface area contributed by atoms with E-state index in [-0.39, 0.29) is 0 Å². The van der Waals surface area contributed by atoms with Crippen molar-refractivity contribution in [1.29, 1.82) is 0 Å². The van der Waals surface area contributed by atoms with Gasteiger partial charge in [-0.25, -0.2) is 0 Å². The van der Waals surface area contributed by atoms with Crippen molar-refractivity contribution in [2.24, 2.45) is 0 Å². The highest BCUT2D eigenvalue weighted by molar-refractivity contribution is 8.22. The molecule has 1 fully saturated rings. The molecule has 1 nitrogen and oxygen atoms in total. The van der Waals surface area contributed by atoms with Crippen LogP contribution in [0.15, 0.2) is 0 Å². The summed E-state index contributed by atoms with van der Waals surface area (Å²) in [5.74, 6) is 0. The lowest BCUT2D eigenvalue weighted by Crippen LogP contribution is -2.45. The first-order valence-electron chi connectivity index (χ1n) is 4.53. The van der Waals surface area contributed by atoms with Crippen LogP contribution in [0.3, 0.4) is 0 Å². The predicted octanol–water partition coefficient (Wildman–Crippen LogP) is 2.90. The molecule has 12 heavy (non-hydrogen) atoms. The van der Waals surface area contributed by atoms with E-state index < -0.39 is 0 Å². The van der Waals surface area contributed by atoms with Gasteiger partial charge in [-0.1, -0.05) is 12.2 Å². The Morgan fingerprint density at radius 3 is 2.25 bits per heavy atom. The molecule has 70 valence electrons. The van der Waals surface area contributed by atoms with Crippen LogP contribution in [0.1, 0.15) is 33.1 Å². The summed E-state index contributed by atoms with van der Waals surface area (Å²) in [5, 5.41) is 0. The quantitative estimate of drug-likeness (QED) is 0.557. The Hall–Kier alpha value is 0.240. The maximum Gasteiger partial charge on any atom is 0.136 e. The van der Waals surface area contributed by atoms with Crippen LogP contribution in [-0.2, 0) is 0 Å². The minimum absolute atomic E-state index is 0.647. The summed E-state index contributed by atoms with van der Waals surface area (Å²) in [7, 11) is 0. The lowest BCUT2D eigenvalue weighted by Gasteiger charge is -2.40. The summed E-state index contributed by atoms with van der Waals surface area (Å²) in [6, 6.07) is 1.29. The third kappa shape index (κ3) is 2.13. The van der Waals surface area contributed by atoms with E-state index in [1.807, 2.05) is 0 Å². The Kier molecular flexibility index (Phi) is 3.84. The van der Waals surface area contributed by atoms with Gasteiger partial charge in [0.2, 0.25) is 0 Å². The van der Waals surface area contributed by atoms with Gasteiger partial charge in [-0.2, -0.15) is 0 Å². The first kappa shape index (κ1) is 10.3. The molecule has 0 aromatic carbocycles. The zero-order valence-corrected chi connectivity index (χ0v) is 9.67. The van der Waals surface area contributed by atoms with Gasteiger partial charge in [-0.05, 0) is 39.4 Å². The molecule has 1 aliphatic heterocycles. The molecule has 1 rings (SSSR count). The van der Waals surface area contributed by atoms with E-state index in [9.17, 15) is 0 Å². The summed E-state index contributed by atoms with van der Waals surface area (Å²) >= 11 is 7.01. The molecule has 0 aromatic heterocycles. The monoisotopic (exact) mass is 203 g/mol. The SMILES string of the molecule is CSC(=S)N1C(C)CCCC1C. The molecule has 0 N–H and O–H groups in total. The summed E-state index contributed by atoms with van der Waals surface area (Å²) in [6.45, 7) is 4.55. The normalized spacial score (nSPS) is 30.4. The van der Waals surface area contributed by atoms with Crippen molar-refractivity contribution in [3.8, 4) is 0 Å². The van der Waals surface area contributed by atoms with Crippen molar-refractivity contribution >= 4 is 28.3 Å². The predicted molar refractivity (Wildman–Crippen MR) is 60.7 cm³/mol. The fourth-order valence-electron chi connectivity index (χ4n) is 1.89. The number of piperidine rings is 1. The maximum absolute atomic E-state index is 5.32. The largest absolute Gasteiger partial charge is 0.352 e. The number of rotatable bonds is 0. The van der Waals surface area contributed by atoms with Crippen LogP contribution in [0.2, 0.25) is 0 Å². The fraction of sp³-hybridized carbons (Fsp3) is 0.889. The van der Waals surface area contributed by atoms with Crippen molar-refractivity contribution in [2.75, 3.05) is 6.26 Å². The van der Waals surface area contributed by atoms with Gasteiger partial charge in [0, 0.05) is 12.1 Å². The van der Waals surface area contributed by atoms with Crippen molar-refractivity contribution in [3.05, 3.63) is 0 Å². The van der Waals surface area contributed by atoms with Crippen LogP contribution in [0.25, 0.3) is 0 Å². The van der Waals surface area contributed by atoms with E-state index in [2.05, 4.69) is 25.0 Å². The number of likely N-dealkylation sites (tertiary alicyclic amines) is 1. The first-order valence-corrected chi connectivity index (χ1v) is 6.16. The van der Waals surface area contributed by atoms with Gasteiger partial charge in [0.15, 0.2) is 0 Å². The Bertz CT molecular complexity index is 160. The van der Waals surface area contributed by atoms with Crippen molar-refractivity contribution in [2.45, 2.75) is 45.2 Å². The Balaban J connectivity index is 2.62. The van der Waals surface area contributed by atoms with E-state index in [0.717, 1.165) is 4.32 Å². The fourth-order valence-corrected chi connectivity index (χ4v) is 2.82. The molecule has 0 radical (unpaired) electrons. The average molecular weight is 203 g/mol. The van der Waals surface area contributed by atoms with Gasteiger partial charge >= 0.3 is 0 Å². The lowest BCUT2D eigenvalue weighted by molar-refractivity contribution is 0.199. The zero-order valence-electron chi connectivity index (χ0n) is 8.04. The maximum atomic E-state index is 5.32. The standard InChI is InChI=1S/C9H17NS2/c1-7-5-4-6-8(2)10(7)9(11)12-3/h7-8H,4-6H2,1-3H3. The lowest BCUT2D eigenvalue weighted by atomic mass is 9.99. The highest BCUT2D eigenvalue weighted by Crippen LogP contribution is 2.25. The molecule has 0 spiro atoms. The minimum atomic E-state index is 0.647. The van der Waals surface area contributed by atoms with E-state index in [1.54, 1.807) is 11.8 Å². The van der Waals surface area contributed by atoms with E-state index in [1.165, 1.54) is 19.3 Å². The minimum Gasteiger partial charge on any atom is -0.352 e. The first-order chi connectivity index (χ1) is 5.66. The molecule has 0 bridgehead atoms. The Morgan fingerprint density at radius 1 is 1.33 bits per heavy atom. The molecular weight excluding hydrogens is 186 g/mol. The molecule has 1 aliphatic rings. The van der Waals surface area contributed by atoms with Crippen LogP contribution in [0.5, 0.6) is 0 Å². The highest BCUT2D eigenvalue weighted by atomic mass is 32.2. The third-order valence-electron chi connectivity index (χ3n) is 2.58. The Morgan fingerprint density at radius 2 is 1.83 bits per heavy atom. The van der Waals surface area contributed by atoms with Crippen molar-refractivity contribution in [1.82, 2.24) is 4.90 Å². The number of thioether (sulfide) groups is 1. The molecule has 0 aliphatic carbocycles. The molecule has 2 unspecified atom stereocenters. The molecule has 1 saturated heterocycles. The van der Waals surface area contributed by atoms with Crippen LogP contribution in [0.4, 0.5) is 0 Å². The van der Waals surface area contributed by atoms with E-state index in [4.69, 9.17) is 12.2 Å². The van der Waals surface area contributed by atoms with Gasteiger partial charge in [-0.15, -0.1) is 11.8 Å². The van der Waals surface area contributed by atoms with Crippen molar-refractivity contribution < 1.29 is 0 Å². The third-order valence-corrected chi connectivity index (χ3v) is 3.85. The van der Waals surface area contributed by atoms with Gasteiger partial charge in [-0.3, -0.25) is 0 Å². The Labute approximate surface area is 84.9 Å². The van der Waals surface area contributed by atoms with Gasteiger partial charge in [0.25, 0.3) is 0 Å². The smallest absolute Gasteiger partial charge is 0.136 e. The second-order valence-electron chi connectivity index (χ2n) is 3.51. The van der Waals surface area contributed by atoms with Gasteiger partial charge in [0.05, 0.1) is 0 Å². The van der Waals surface area contributed by atoms with Crippen LogP contribution < -0.4 is 0 Å². The topological polar surface area (TPSA) is 3.24 Å².